The van der Waals surface area contributed by atoms with Gasteiger partial charge in [0.1, 0.15) is 0 Å². The Balaban J connectivity index is 2.43. The summed E-state index contributed by atoms with van der Waals surface area (Å²) in [5.74, 6) is 0. The summed E-state index contributed by atoms with van der Waals surface area (Å²) < 4.78 is 4.89. The topological polar surface area (TPSA) is 21.3 Å². The normalized spacial score (nSPS) is 9.30. The molecular weight excluding hydrogens is 146 g/mol. The molecule has 1 aromatic rings. The molecule has 0 aliphatic carbocycles. The van der Waals surface area contributed by atoms with Crippen LogP contribution in [0.5, 0.6) is 0 Å². The van der Waals surface area contributed by atoms with Crippen LogP contribution in [0.1, 0.15) is 0 Å². The Kier molecular flexibility index (Phi) is 3.12. The van der Waals surface area contributed by atoms with Gasteiger partial charge in [-0.25, -0.2) is 4.28 Å². The van der Waals surface area contributed by atoms with Crippen molar-refractivity contribution < 1.29 is 4.28 Å². The highest BCUT2D eigenvalue weighted by atomic mass is 32.2. The average Bonchev–Trinajstić information content (AvgIpc) is 2.03. The van der Waals surface area contributed by atoms with E-state index in [0.717, 1.165) is 5.69 Å². The van der Waals surface area contributed by atoms with Crippen molar-refractivity contribution in [2.24, 2.45) is 0 Å². The van der Waals surface area contributed by atoms with Crippen LogP contribution in [-0.2, 0) is 4.28 Å². The third-order valence-corrected chi connectivity index (χ3v) is 1.27. The highest BCUT2D eigenvalue weighted by molar-refractivity contribution is 7.93. The van der Waals surface area contributed by atoms with Crippen LogP contribution in [-0.4, -0.2) is 6.26 Å². The summed E-state index contributed by atoms with van der Waals surface area (Å²) in [6.45, 7) is 0. The summed E-state index contributed by atoms with van der Waals surface area (Å²) in [5, 5.41) is 0. The Labute approximate surface area is 64.7 Å². The Morgan fingerprint density at radius 3 is 2.60 bits per heavy atom. The molecule has 0 aliphatic rings. The molecule has 0 saturated carbocycles. The first-order valence-electron chi connectivity index (χ1n) is 2.94. The lowest BCUT2D eigenvalue weighted by Gasteiger charge is -2.00. The van der Waals surface area contributed by atoms with Crippen LogP contribution in [0.25, 0.3) is 0 Å². The van der Waals surface area contributed by atoms with Gasteiger partial charge in [0.15, 0.2) is 0 Å². The molecular formula is C7H9NOS. The van der Waals surface area contributed by atoms with E-state index in [1.807, 2.05) is 36.6 Å². The fourth-order valence-electron chi connectivity index (χ4n) is 0.596. The molecule has 0 heterocycles. The monoisotopic (exact) mass is 155 g/mol. The molecule has 0 amide bonds. The van der Waals surface area contributed by atoms with E-state index >= 15 is 0 Å². The van der Waals surface area contributed by atoms with Gasteiger partial charge in [0.2, 0.25) is 0 Å². The molecule has 0 unspecified atom stereocenters. The summed E-state index contributed by atoms with van der Waals surface area (Å²) in [6.07, 6.45) is 1.86. The Hall–Kier alpha value is -0.670. The van der Waals surface area contributed by atoms with Gasteiger partial charge in [0.05, 0.1) is 5.69 Å². The predicted molar refractivity (Wildman–Crippen MR) is 44.7 cm³/mol. The van der Waals surface area contributed by atoms with E-state index in [-0.39, 0.29) is 0 Å². The van der Waals surface area contributed by atoms with Gasteiger partial charge in [0, 0.05) is 18.3 Å². The maximum atomic E-state index is 4.89. The number of hydrogen-bond acceptors (Lipinski definition) is 3. The minimum absolute atomic E-state index is 0.969. The molecule has 1 aromatic carbocycles. The molecule has 0 bridgehead atoms. The number of rotatable bonds is 3. The van der Waals surface area contributed by atoms with E-state index in [1.54, 1.807) is 0 Å². The van der Waals surface area contributed by atoms with Crippen LogP contribution < -0.4 is 5.48 Å². The van der Waals surface area contributed by atoms with Gasteiger partial charge in [-0.1, -0.05) is 18.2 Å². The molecule has 2 nitrogen and oxygen atoms in total. The molecule has 0 aromatic heterocycles. The molecule has 1 N–H and O–H groups in total. The van der Waals surface area contributed by atoms with E-state index in [1.165, 1.54) is 12.0 Å². The predicted octanol–water partition coefficient (Wildman–Crippen LogP) is 2.31. The van der Waals surface area contributed by atoms with Gasteiger partial charge >= 0.3 is 0 Å². The third kappa shape index (κ3) is 2.29. The lowest BCUT2D eigenvalue weighted by atomic mass is 10.3. The molecule has 0 aliphatic heterocycles. The number of hydrogen-bond donors (Lipinski definition) is 1. The van der Waals surface area contributed by atoms with Crippen molar-refractivity contribution in [3.05, 3.63) is 30.3 Å². The Morgan fingerprint density at radius 1 is 1.30 bits per heavy atom. The smallest absolute Gasteiger partial charge is 0.0616 e. The molecule has 0 fully saturated rings. The van der Waals surface area contributed by atoms with E-state index in [9.17, 15) is 0 Å². The van der Waals surface area contributed by atoms with Crippen LogP contribution in [0.2, 0.25) is 0 Å². The maximum Gasteiger partial charge on any atom is 0.0616 e. The van der Waals surface area contributed by atoms with E-state index in [0.29, 0.717) is 0 Å². The summed E-state index contributed by atoms with van der Waals surface area (Å²) in [6, 6.07) is 9.74. The molecule has 54 valence electrons. The zero-order valence-electron chi connectivity index (χ0n) is 5.70. The van der Waals surface area contributed by atoms with E-state index in [2.05, 4.69) is 5.48 Å². The number of nitrogens with one attached hydrogen (secondary N) is 1. The van der Waals surface area contributed by atoms with Crippen LogP contribution in [0, 0.1) is 0 Å². The minimum Gasteiger partial charge on any atom is -0.254 e. The number of benzene rings is 1. The zero-order valence-corrected chi connectivity index (χ0v) is 6.52. The fraction of sp³-hybridized carbons (Fsp3) is 0.143. The first-order valence-corrected chi connectivity index (χ1v) is 4.09. The second-order valence-electron chi connectivity index (χ2n) is 1.72. The Bertz CT molecular complexity index is 178. The summed E-state index contributed by atoms with van der Waals surface area (Å²) in [4.78, 5) is 0. The standard InChI is InChI=1S/C7H9NOS/c1-10-9-8-7-5-3-2-4-6-7/h2-6,8H,1H3. The van der Waals surface area contributed by atoms with Crippen molar-refractivity contribution in [2.45, 2.75) is 0 Å². The van der Waals surface area contributed by atoms with Crippen molar-refractivity contribution in [1.29, 1.82) is 0 Å². The van der Waals surface area contributed by atoms with Crippen molar-refractivity contribution in [3.63, 3.8) is 0 Å². The van der Waals surface area contributed by atoms with Gasteiger partial charge < -0.3 is 0 Å². The van der Waals surface area contributed by atoms with Crippen molar-refractivity contribution in [1.82, 2.24) is 0 Å². The Morgan fingerprint density at radius 2 is 2.00 bits per heavy atom. The summed E-state index contributed by atoms with van der Waals surface area (Å²) in [5.41, 5.74) is 3.73. The summed E-state index contributed by atoms with van der Waals surface area (Å²) >= 11 is 1.29. The van der Waals surface area contributed by atoms with Crippen LogP contribution >= 0.6 is 12.0 Å². The lowest BCUT2D eigenvalue weighted by Crippen LogP contribution is -1.91. The SMILES string of the molecule is CSONc1ccccc1. The van der Waals surface area contributed by atoms with E-state index in [4.69, 9.17) is 4.28 Å². The molecule has 3 heteroatoms. The van der Waals surface area contributed by atoms with Gasteiger partial charge in [-0.2, -0.15) is 0 Å². The lowest BCUT2D eigenvalue weighted by molar-refractivity contribution is 0.480. The van der Waals surface area contributed by atoms with Crippen LogP contribution in [0.15, 0.2) is 30.3 Å². The van der Waals surface area contributed by atoms with Gasteiger partial charge in [0.25, 0.3) is 0 Å². The van der Waals surface area contributed by atoms with E-state index < -0.39 is 0 Å². The van der Waals surface area contributed by atoms with Crippen molar-refractivity contribution >= 4 is 17.7 Å². The zero-order chi connectivity index (χ0) is 7.23. The largest absolute Gasteiger partial charge is 0.254 e. The fourth-order valence-corrected chi connectivity index (χ4v) is 0.776. The van der Waals surface area contributed by atoms with Crippen LogP contribution in [0.3, 0.4) is 0 Å². The quantitative estimate of drug-likeness (QED) is 0.534. The average molecular weight is 155 g/mol. The van der Waals surface area contributed by atoms with Crippen molar-refractivity contribution in [2.75, 3.05) is 11.7 Å². The second-order valence-corrected chi connectivity index (χ2v) is 2.22. The number of para-hydroxylation sites is 1. The molecule has 1 rings (SSSR count). The second kappa shape index (κ2) is 4.19. The maximum absolute atomic E-state index is 4.89. The first-order chi connectivity index (χ1) is 4.93. The van der Waals surface area contributed by atoms with Gasteiger partial charge in [-0.3, -0.25) is 5.48 Å². The molecule has 0 saturated heterocycles. The minimum atomic E-state index is 0.969. The van der Waals surface area contributed by atoms with Gasteiger partial charge in [-0.05, 0) is 12.1 Å². The summed E-state index contributed by atoms with van der Waals surface area (Å²) in [7, 11) is 0. The van der Waals surface area contributed by atoms with Crippen LogP contribution in [0.4, 0.5) is 5.69 Å². The number of anilines is 1. The third-order valence-electron chi connectivity index (χ3n) is 1.02. The first kappa shape index (κ1) is 7.44. The molecule has 0 radical (unpaired) electrons. The highest BCUT2D eigenvalue weighted by Gasteiger charge is 1.85. The van der Waals surface area contributed by atoms with Crippen molar-refractivity contribution in [3.8, 4) is 0 Å². The molecule has 0 atom stereocenters. The highest BCUT2D eigenvalue weighted by Crippen LogP contribution is 2.06. The van der Waals surface area contributed by atoms with Gasteiger partial charge in [-0.15, -0.1) is 0 Å². The molecule has 10 heavy (non-hydrogen) atoms. The molecule has 0 spiro atoms.